The zero-order chi connectivity index (χ0) is 17.6. The molecule has 0 saturated carbocycles. The monoisotopic (exact) mass is 358 g/mol. The van der Waals surface area contributed by atoms with Crippen LogP contribution in [0.25, 0.3) is 5.70 Å². The van der Waals surface area contributed by atoms with Crippen molar-refractivity contribution in [2.45, 2.75) is 26.2 Å². The van der Waals surface area contributed by atoms with Crippen molar-refractivity contribution in [3.63, 3.8) is 0 Å². The molecule has 126 valence electrons. The fourth-order valence-corrected chi connectivity index (χ4v) is 2.44. The van der Waals surface area contributed by atoms with E-state index in [0.717, 1.165) is 0 Å². The van der Waals surface area contributed by atoms with Crippen LogP contribution in [0.3, 0.4) is 0 Å². The molecule has 0 bridgehead atoms. The third-order valence-electron chi connectivity index (χ3n) is 3.15. The van der Waals surface area contributed by atoms with Crippen LogP contribution in [0, 0.1) is 5.92 Å². The summed E-state index contributed by atoms with van der Waals surface area (Å²) in [5.41, 5.74) is 1.06. The van der Waals surface area contributed by atoms with Crippen LogP contribution in [0.4, 0.5) is 0 Å². The van der Waals surface area contributed by atoms with E-state index in [1.165, 1.54) is 0 Å². The molecule has 0 aliphatic carbocycles. The minimum atomic E-state index is -1.60. The van der Waals surface area contributed by atoms with E-state index in [-0.39, 0.29) is 18.4 Å². The van der Waals surface area contributed by atoms with Crippen molar-refractivity contribution < 1.29 is 14.8 Å². The summed E-state index contributed by atoms with van der Waals surface area (Å²) in [6.45, 7) is 7.63. The van der Waals surface area contributed by atoms with Gasteiger partial charge in [-0.3, -0.25) is 4.79 Å². The van der Waals surface area contributed by atoms with Crippen molar-refractivity contribution in [2.24, 2.45) is 5.92 Å². The topological polar surface area (TPSA) is 81.6 Å². The van der Waals surface area contributed by atoms with Crippen LogP contribution in [0.1, 0.15) is 25.8 Å². The van der Waals surface area contributed by atoms with Gasteiger partial charge in [-0.25, -0.2) is 0 Å². The third kappa shape index (κ3) is 6.83. The molecule has 0 aliphatic heterocycles. The van der Waals surface area contributed by atoms with Crippen molar-refractivity contribution in [1.82, 2.24) is 10.6 Å². The highest BCUT2D eigenvalue weighted by Gasteiger charge is 2.25. The van der Waals surface area contributed by atoms with E-state index in [1.807, 2.05) is 13.8 Å². The average molecular weight is 359 g/mol. The number of carbonyl (C=O) groups excluding carboxylic acids is 1. The Morgan fingerprint density at radius 1 is 1.35 bits per heavy atom. The highest BCUT2D eigenvalue weighted by Crippen LogP contribution is 2.24. The molecule has 1 amide bonds. The second-order valence-electron chi connectivity index (χ2n) is 5.67. The molecule has 0 radical (unpaired) electrons. The molecular weight excluding hydrogens is 338 g/mol. The second-order valence-corrected chi connectivity index (χ2v) is 6.52. The Labute approximate surface area is 146 Å². The first-order chi connectivity index (χ1) is 10.7. The molecule has 1 rings (SSSR count). The predicted molar refractivity (Wildman–Crippen MR) is 95.1 cm³/mol. The van der Waals surface area contributed by atoms with E-state index in [1.54, 1.807) is 18.2 Å². The summed E-state index contributed by atoms with van der Waals surface area (Å²) in [5.74, 6) is -0.870. The van der Waals surface area contributed by atoms with E-state index in [0.29, 0.717) is 27.7 Å². The van der Waals surface area contributed by atoms with Crippen LogP contribution in [0.5, 0.6) is 0 Å². The molecule has 1 atom stereocenters. The molecular formula is C15H21BCl2N2O3. The first-order valence-corrected chi connectivity index (χ1v) is 8.00. The lowest BCUT2D eigenvalue weighted by Crippen LogP contribution is -2.49. The Bertz CT molecular complexity index is 568. The van der Waals surface area contributed by atoms with Gasteiger partial charge in [0.05, 0.1) is 12.5 Å². The number of halogens is 2. The molecule has 0 unspecified atom stereocenters. The zero-order valence-corrected chi connectivity index (χ0v) is 14.7. The number of hydrogen-bond acceptors (Lipinski definition) is 4. The molecule has 0 spiro atoms. The van der Waals surface area contributed by atoms with Crippen molar-refractivity contribution in [3.05, 3.63) is 40.4 Å². The van der Waals surface area contributed by atoms with Gasteiger partial charge in [-0.05, 0) is 30.5 Å². The van der Waals surface area contributed by atoms with Gasteiger partial charge in [0.25, 0.3) is 0 Å². The minimum absolute atomic E-state index is 0.0665. The van der Waals surface area contributed by atoms with Crippen molar-refractivity contribution in [3.8, 4) is 0 Å². The fourth-order valence-electron chi connectivity index (χ4n) is 2.03. The van der Waals surface area contributed by atoms with Gasteiger partial charge in [0.15, 0.2) is 0 Å². The maximum atomic E-state index is 11.9. The third-order valence-corrected chi connectivity index (χ3v) is 3.71. The summed E-state index contributed by atoms with van der Waals surface area (Å²) < 4.78 is 0. The van der Waals surface area contributed by atoms with Gasteiger partial charge >= 0.3 is 7.12 Å². The summed E-state index contributed by atoms with van der Waals surface area (Å²) in [7, 11) is -1.60. The van der Waals surface area contributed by atoms with E-state index in [4.69, 9.17) is 23.2 Å². The van der Waals surface area contributed by atoms with Gasteiger partial charge in [0, 0.05) is 21.3 Å². The number of benzene rings is 1. The van der Waals surface area contributed by atoms with Gasteiger partial charge in [0.1, 0.15) is 0 Å². The Hall–Kier alpha value is -1.21. The molecule has 5 nitrogen and oxygen atoms in total. The minimum Gasteiger partial charge on any atom is -0.426 e. The van der Waals surface area contributed by atoms with Crippen LogP contribution in [-0.2, 0) is 4.79 Å². The second kappa shape index (κ2) is 9.18. The van der Waals surface area contributed by atoms with Crippen molar-refractivity contribution in [1.29, 1.82) is 0 Å². The highest BCUT2D eigenvalue weighted by molar-refractivity contribution is 6.43. The van der Waals surface area contributed by atoms with E-state index >= 15 is 0 Å². The molecule has 0 aliphatic rings. The van der Waals surface area contributed by atoms with Crippen LogP contribution >= 0.6 is 23.2 Å². The van der Waals surface area contributed by atoms with E-state index in [9.17, 15) is 14.8 Å². The van der Waals surface area contributed by atoms with Crippen molar-refractivity contribution in [2.75, 3.05) is 6.54 Å². The molecule has 0 heterocycles. The zero-order valence-electron chi connectivity index (χ0n) is 13.1. The Morgan fingerprint density at radius 2 is 2.00 bits per heavy atom. The van der Waals surface area contributed by atoms with Gasteiger partial charge < -0.3 is 20.7 Å². The normalized spacial score (nSPS) is 12.0. The summed E-state index contributed by atoms with van der Waals surface area (Å²) in [5, 5.41) is 25.0. The Morgan fingerprint density at radius 3 is 2.57 bits per heavy atom. The lowest BCUT2D eigenvalue weighted by molar-refractivity contribution is -0.120. The van der Waals surface area contributed by atoms with Crippen LogP contribution in [0.2, 0.25) is 10.0 Å². The summed E-state index contributed by atoms with van der Waals surface area (Å²) in [4.78, 5) is 11.9. The van der Waals surface area contributed by atoms with E-state index in [2.05, 4.69) is 17.2 Å². The summed E-state index contributed by atoms with van der Waals surface area (Å²) in [6.07, 6.45) is 0.463. The van der Waals surface area contributed by atoms with Crippen LogP contribution < -0.4 is 10.6 Å². The summed E-state index contributed by atoms with van der Waals surface area (Å²) >= 11 is 12.0. The van der Waals surface area contributed by atoms with Gasteiger partial charge in [-0.1, -0.05) is 43.6 Å². The Balaban J connectivity index is 2.58. The molecule has 0 fully saturated rings. The molecule has 0 aromatic heterocycles. The first-order valence-electron chi connectivity index (χ1n) is 7.24. The number of rotatable bonds is 8. The van der Waals surface area contributed by atoms with Gasteiger partial charge in [-0.15, -0.1) is 0 Å². The Kier molecular flexibility index (Phi) is 7.92. The number of nitrogens with one attached hydrogen (secondary N) is 2. The number of carbonyl (C=O) groups is 1. The average Bonchev–Trinajstić information content (AvgIpc) is 2.46. The fraction of sp³-hybridized carbons (Fsp3) is 0.400. The molecule has 1 aromatic carbocycles. The highest BCUT2D eigenvalue weighted by atomic mass is 35.5. The van der Waals surface area contributed by atoms with E-state index < -0.39 is 13.1 Å². The SMILES string of the molecule is C=C(NCC(=O)N[C@@H](CC(C)C)B(O)O)c1cc(Cl)ccc1Cl. The summed E-state index contributed by atoms with van der Waals surface area (Å²) in [6, 6.07) is 4.95. The quantitative estimate of drug-likeness (QED) is 0.536. The molecule has 0 saturated heterocycles. The van der Waals surface area contributed by atoms with Crippen LogP contribution in [0.15, 0.2) is 24.8 Å². The smallest absolute Gasteiger partial charge is 0.426 e. The maximum absolute atomic E-state index is 11.9. The largest absolute Gasteiger partial charge is 0.475 e. The van der Waals surface area contributed by atoms with Gasteiger partial charge in [-0.2, -0.15) is 0 Å². The number of hydrogen-bond donors (Lipinski definition) is 4. The molecule has 1 aromatic rings. The van der Waals surface area contributed by atoms with Crippen LogP contribution in [-0.4, -0.2) is 35.6 Å². The maximum Gasteiger partial charge on any atom is 0.475 e. The lowest BCUT2D eigenvalue weighted by Gasteiger charge is -2.20. The first kappa shape index (κ1) is 19.8. The molecule has 4 N–H and O–H groups in total. The predicted octanol–water partition coefficient (Wildman–Crippen LogP) is 2.10. The van der Waals surface area contributed by atoms with Gasteiger partial charge in [0.2, 0.25) is 5.91 Å². The lowest BCUT2D eigenvalue weighted by atomic mass is 9.75. The molecule has 23 heavy (non-hydrogen) atoms. The molecule has 8 heteroatoms. The van der Waals surface area contributed by atoms with Crippen molar-refractivity contribution >= 4 is 41.9 Å². The standard InChI is InChI=1S/C15H21BCl2N2O3/c1-9(2)6-14(16(22)23)20-15(21)8-19-10(3)12-7-11(17)4-5-13(12)18/h4-5,7,9,14,19,22-23H,3,6,8H2,1-2H3,(H,20,21)/t14-/m0/s1. The number of amides is 1.